The number of sulfonamides is 1. The Hall–Kier alpha value is -2.94. The molecular weight excluding hydrogens is 416 g/mol. The van der Waals surface area contributed by atoms with Crippen LogP contribution in [0.15, 0.2) is 39.9 Å². The first-order chi connectivity index (χ1) is 14.6. The lowest BCUT2D eigenvalue weighted by Crippen LogP contribution is -2.35. The summed E-state index contributed by atoms with van der Waals surface area (Å²) in [6.45, 7) is 11.8. The van der Waals surface area contributed by atoms with Crippen molar-refractivity contribution in [3.63, 3.8) is 0 Å². The number of nitrogens with zero attached hydrogens (tertiary/aromatic N) is 4. The van der Waals surface area contributed by atoms with Crippen LogP contribution in [0.3, 0.4) is 0 Å². The van der Waals surface area contributed by atoms with Crippen molar-refractivity contribution >= 4 is 15.8 Å². The Morgan fingerprint density at radius 3 is 2.32 bits per heavy atom. The number of benzene rings is 1. The van der Waals surface area contributed by atoms with E-state index >= 15 is 0 Å². The van der Waals surface area contributed by atoms with Gasteiger partial charge >= 0.3 is 0 Å². The molecule has 0 fully saturated rings. The van der Waals surface area contributed by atoms with E-state index in [1.165, 1.54) is 4.31 Å². The van der Waals surface area contributed by atoms with Gasteiger partial charge in [0.05, 0.1) is 27.5 Å². The first kappa shape index (κ1) is 22.7. The third kappa shape index (κ3) is 5.04. The second-order valence-electron chi connectivity index (χ2n) is 7.91. The summed E-state index contributed by atoms with van der Waals surface area (Å²) in [6.07, 6.45) is 1.63. The quantitative estimate of drug-likeness (QED) is 0.515. The zero-order valence-corrected chi connectivity index (χ0v) is 19.5. The Balaban J connectivity index is 1.87. The van der Waals surface area contributed by atoms with Gasteiger partial charge in [0.1, 0.15) is 18.1 Å². The second kappa shape index (κ2) is 9.05. The molecule has 0 aliphatic rings. The zero-order valence-electron chi connectivity index (χ0n) is 18.7. The first-order valence-electron chi connectivity index (χ1n) is 10.1. The smallest absolute Gasteiger partial charge is 0.265 e. The van der Waals surface area contributed by atoms with Gasteiger partial charge in [0, 0.05) is 12.7 Å². The predicted octanol–water partition coefficient (Wildman–Crippen LogP) is 4.13. The fourth-order valence-electron chi connectivity index (χ4n) is 3.09. The minimum absolute atomic E-state index is 0.106. The van der Waals surface area contributed by atoms with Gasteiger partial charge in [-0.15, -0.1) is 0 Å². The SMILES string of the molecule is Cc1cnc(C)c(N(CC(C)C)S(=O)(=O)c2ccc(OCc3c(C)noc3C)cc2)n1. The van der Waals surface area contributed by atoms with Gasteiger partial charge in [-0.2, -0.15) is 0 Å². The molecule has 2 aromatic heterocycles. The number of aromatic nitrogens is 3. The number of ether oxygens (including phenoxy) is 1. The van der Waals surface area contributed by atoms with Gasteiger partial charge in [-0.1, -0.05) is 19.0 Å². The Kier molecular flexibility index (Phi) is 6.64. The van der Waals surface area contributed by atoms with Crippen molar-refractivity contribution in [2.75, 3.05) is 10.8 Å². The Labute approximate surface area is 183 Å². The van der Waals surface area contributed by atoms with Crippen LogP contribution in [-0.2, 0) is 16.6 Å². The lowest BCUT2D eigenvalue weighted by Gasteiger charge is -2.26. The van der Waals surface area contributed by atoms with Crippen molar-refractivity contribution in [2.45, 2.75) is 53.0 Å². The highest BCUT2D eigenvalue weighted by atomic mass is 32.2. The maximum atomic E-state index is 13.5. The molecule has 0 saturated carbocycles. The molecule has 2 heterocycles. The van der Waals surface area contributed by atoms with Crippen molar-refractivity contribution < 1.29 is 17.7 Å². The topological polar surface area (TPSA) is 98.4 Å². The molecule has 0 aliphatic carbocycles. The summed E-state index contributed by atoms with van der Waals surface area (Å²) in [5.74, 6) is 1.72. The Morgan fingerprint density at radius 2 is 1.74 bits per heavy atom. The second-order valence-corrected chi connectivity index (χ2v) is 9.78. The van der Waals surface area contributed by atoms with Gasteiger partial charge in [-0.25, -0.2) is 17.7 Å². The Morgan fingerprint density at radius 1 is 1.06 bits per heavy atom. The van der Waals surface area contributed by atoms with Crippen molar-refractivity contribution in [1.82, 2.24) is 15.1 Å². The molecule has 0 radical (unpaired) electrons. The summed E-state index contributed by atoms with van der Waals surface area (Å²) in [4.78, 5) is 8.91. The summed E-state index contributed by atoms with van der Waals surface area (Å²) >= 11 is 0. The number of hydrogen-bond donors (Lipinski definition) is 0. The van der Waals surface area contributed by atoms with Crippen LogP contribution in [0.25, 0.3) is 0 Å². The maximum absolute atomic E-state index is 13.5. The fourth-order valence-corrected chi connectivity index (χ4v) is 4.72. The lowest BCUT2D eigenvalue weighted by molar-refractivity contribution is 0.301. The molecule has 0 N–H and O–H groups in total. The molecule has 0 bridgehead atoms. The van der Waals surface area contributed by atoms with E-state index in [9.17, 15) is 8.42 Å². The molecule has 0 amide bonds. The summed E-state index contributed by atoms with van der Waals surface area (Å²) in [6, 6.07) is 6.38. The molecule has 9 heteroatoms. The lowest BCUT2D eigenvalue weighted by atomic mass is 10.2. The van der Waals surface area contributed by atoms with E-state index in [4.69, 9.17) is 9.26 Å². The van der Waals surface area contributed by atoms with Crippen LogP contribution in [0.1, 0.15) is 42.3 Å². The van der Waals surface area contributed by atoms with E-state index in [0.717, 1.165) is 11.3 Å². The summed E-state index contributed by atoms with van der Waals surface area (Å²) in [7, 11) is -3.83. The highest BCUT2D eigenvalue weighted by Crippen LogP contribution is 2.27. The van der Waals surface area contributed by atoms with Crippen molar-refractivity contribution in [3.8, 4) is 5.75 Å². The maximum Gasteiger partial charge on any atom is 0.265 e. The third-order valence-electron chi connectivity index (χ3n) is 4.79. The fraction of sp³-hybridized carbons (Fsp3) is 0.409. The monoisotopic (exact) mass is 444 g/mol. The summed E-state index contributed by atoms with van der Waals surface area (Å²) in [5, 5.41) is 3.91. The normalized spacial score (nSPS) is 11.7. The number of hydrogen-bond acceptors (Lipinski definition) is 7. The standard InChI is InChI=1S/C22H28N4O4S/c1-14(2)12-26(22-17(5)23-11-15(3)24-22)31(27,28)20-9-7-19(8-10-20)29-13-21-16(4)25-30-18(21)6/h7-11,14H,12-13H2,1-6H3. The molecule has 1 aromatic carbocycles. The average molecular weight is 445 g/mol. The van der Waals surface area contributed by atoms with E-state index < -0.39 is 10.0 Å². The van der Waals surface area contributed by atoms with E-state index in [1.807, 2.05) is 27.7 Å². The van der Waals surface area contributed by atoms with E-state index in [-0.39, 0.29) is 10.8 Å². The minimum atomic E-state index is -3.83. The van der Waals surface area contributed by atoms with Crippen molar-refractivity contribution in [1.29, 1.82) is 0 Å². The highest BCUT2D eigenvalue weighted by molar-refractivity contribution is 7.92. The largest absolute Gasteiger partial charge is 0.489 e. The van der Waals surface area contributed by atoms with E-state index in [2.05, 4.69) is 15.1 Å². The van der Waals surface area contributed by atoms with Crippen LogP contribution in [0.2, 0.25) is 0 Å². The molecule has 0 aliphatic heterocycles. The van der Waals surface area contributed by atoms with E-state index in [0.29, 0.717) is 41.9 Å². The molecule has 0 atom stereocenters. The third-order valence-corrected chi connectivity index (χ3v) is 6.56. The average Bonchev–Trinajstić information content (AvgIpc) is 3.04. The van der Waals surface area contributed by atoms with Crippen LogP contribution in [-0.4, -0.2) is 30.1 Å². The van der Waals surface area contributed by atoms with Gasteiger partial charge < -0.3 is 9.26 Å². The van der Waals surface area contributed by atoms with Crippen molar-refractivity contribution in [2.24, 2.45) is 5.92 Å². The number of anilines is 1. The summed E-state index contributed by atoms with van der Waals surface area (Å²) < 4.78 is 39.2. The number of aryl methyl sites for hydroxylation is 4. The first-order valence-corrected chi connectivity index (χ1v) is 11.5. The van der Waals surface area contributed by atoms with Gasteiger partial charge in [-0.05, 0) is 57.9 Å². The summed E-state index contributed by atoms with van der Waals surface area (Å²) in [5.41, 5.74) is 2.88. The molecule has 0 spiro atoms. The predicted molar refractivity (Wildman–Crippen MR) is 118 cm³/mol. The van der Waals surface area contributed by atoms with Crippen LogP contribution < -0.4 is 9.04 Å². The number of rotatable bonds is 8. The van der Waals surface area contributed by atoms with Crippen LogP contribution >= 0.6 is 0 Å². The molecule has 3 aromatic rings. The molecule has 166 valence electrons. The molecule has 3 rings (SSSR count). The van der Waals surface area contributed by atoms with Gasteiger partial charge in [0.15, 0.2) is 5.82 Å². The highest BCUT2D eigenvalue weighted by Gasteiger charge is 2.28. The Bertz CT molecular complexity index is 1140. The van der Waals surface area contributed by atoms with Crippen LogP contribution in [0, 0.1) is 33.6 Å². The van der Waals surface area contributed by atoms with Gasteiger partial charge in [-0.3, -0.25) is 4.98 Å². The zero-order chi connectivity index (χ0) is 22.8. The molecule has 8 nitrogen and oxygen atoms in total. The van der Waals surface area contributed by atoms with Gasteiger partial charge in [0.25, 0.3) is 10.0 Å². The molecule has 0 unspecified atom stereocenters. The minimum Gasteiger partial charge on any atom is -0.489 e. The molecular formula is C22H28N4O4S. The van der Waals surface area contributed by atoms with Crippen LogP contribution in [0.4, 0.5) is 5.82 Å². The molecule has 0 saturated heterocycles. The van der Waals surface area contributed by atoms with Gasteiger partial charge in [0.2, 0.25) is 0 Å². The van der Waals surface area contributed by atoms with E-state index in [1.54, 1.807) is 44.3 Å². The molecule has 31 heavy (non-hydrogen) atoms. The van der Waals surface area contributed by atoms with Crippen molar-refractivity contribution in [3.05, 3.63) is 58.9 Å². The van der Waals surface area contributed by atoms with Crippen LogP contribution in [0.5, 0.6) is 5.75 Å².